The van der Waals surface area contributed by atoms with Crippen LogP contribution >= 0.6 is 11.8 Å². The van der Waals surface area contributed by atoms with Gasteiger partial charge in [-0.25, -0.2) is 9.78 Å². The van der Waals surface area contributed by atoms with Crippen LogP contribution in [0.1, 0.15) is 19.0 Å². The summed E-state index contributed by atoms with van der Waals surface area (Å²) in [6, 6.07) is -2.74. The molecule has 6 N–H and O–H groups in total. The summed E-state index contributed by atoms with van der Waals surface area (Å²) < 4.78 is 0. The number of amides is 2. The Bertz CT molecular complexity index is 549. The number of aliphatic carboxylic acids is 1. The first-order valence-corrected chi connectivity index (χ1v) is 8.79. The van der Waals surface area contributed by atoms with Gasteiger partial charge in [0.05, 0.1) is 12.4 Å². The van der Waals surface area contributed by atoms with Crippen molar-refractivity contribution in [1.29, 1.82) is 0 Å². The molecule has 0 aliphatic carbocycles. The van der Waals surface area contributed by atoms with Crippen LogP contribution in [0.15, 0.2) is 12.5 Å². The molecule has 10 heteroatoms. The Morgan fingerprint density at radius 3 is 2.50 bits per heavy atom. The van der Waals surface area contributed by atoms with Gasteiger partial charge in [-0.15, -0.1) is 0 Å². The molecule has 0 saturated heterocycles. The maximum atomic E-state index is 12.4. The van der Waals surface area contributed by atoms with Gasteiger partial charge in [-0.2, -0.15) is 11.8 Å². The number of hydrogen-bond donors (Lipinski definition) is 5. The minimum Gasteiger partial charge on any atom is -0.480 e. The van der Waals surface area contributed by atoms with E-state index in [1.165, 1.54) is 31.2 Å². The SMILES string of the molecule is CSCC[C@H](NC(=O)[C@H](Cc1cnc[nH]1)NC(=O)[C@H](C)N)C(=O)O. The third kappa shape index (κ3) is 6.59. The lowest BCUT2D eigenvalue weighted by Crippen LogP contribution is -2.54. The Morgan fingerprint density at radius 2 is 2.00 bits per heavy atom. The van der Waals surface area contributed by atoms with Gasteiger partial charge in [-0.05, 0) is 25.4 Å². The Hall–Kier alpha value is -2.07. The number of nitrogens with two attached hydrogens (primary N) is 1. The highest BCUT2D eigenvalue weighted by molar-refractivity contribution is 7.98. The summed E-state index contributed by atoms with van der Waals surface area (Å²) in [6.45, 7) is 1.50. The quantitative estimate of drug-likeness (QED) is 0.364. The van der Waals surface area contributed by atoms with Crippen LogP contribution < -0.4 is 16.4 Å². The second-order valence-corrected chi connectivity index (χ2v) is 6.30. The fraction of sp³-hybridized carbons (Fsp3) is 0.571. The van der Waals surface area contributed by atoms with Crippen LogP contribution in [0.2, 0.25) is 0 Å². The van der Waals surface area contributed by atoms with E-state index in [9.17, 15) is 19.5 Å². The van der Waals surface area contributed by atoms with Gasteiger partial charge in [0.1, 0.15) is 12.1 Å². The van der Waals surface area contributed by atoms with Gasteiger partial charge in [-0.3, -0.25) is 9.59 Å². The molecule has 0 aliphatic rings. The Morgan fingerprint density at radius 1 is 1.33 bits per heavy atom. The number of carboxylic acids is 1. The van der Waals surface area contributed by atoms with Gasteiger partial charge < -0.3 is 26.5 Å². The van der Waals surface area contributed by atoms with Crippen molar-refractivity contribution in [3.05, 3.63) is 18.2 Å². The maximum Gasteiger partial charge on any atom is 0.326 e. The normalized spacial score (nSPS) is 14.5. The first-order valence-electron chi connectivity index (χ1n) is 7.40. The molecule has 0 radical (unpaired) electrons. The van der Waals surface area contributed by atoms with Crippen LogP contribution in [0.5, 0.6) is 0 Å². The van der Waals surface area contributed by atoms with Crippen LogP contribution in [0.3, 0.4) is 0 Å². The average molecular weight is 357 g/mol. The summed E-state index contributed by atoms with van der Waals surface area (Å²) in [4.78, 5) is 42.2. The van der Waals surface area contributed by atoms with Crippen molar-refractivity contribution in [2.75, 3.05) is 12.0 Å². The number of thioether (sulfide) groups is 1. The van der Waals surface area contributed by atoms with Gasteiger partial charge >= 0.3 is 5.97 Å². The number of carbonyl (C=O) groups is 3. The highest BCUT2D eigenvalue weighted by atomic mass is 32.2. The summed E-state index contributed by atoms with van der Waals surface area (Å²) in [5.41, 5.74) is 6.15. The lowest BCUT2D eigenvalue weighted by Gasteiger charge is -2.21. The molecule has 0 aliphatic heterocycles. The van der Waals surface area contributed by atoms with Crippen molar-refractivity contribution in [2.45, 2.75) is 37.9 Å². The first kappa shape index (κ1) is 20.0. The van der Waals surface area contributed by atoms with Crippen molar-refractivity contribution in [3.63, 3.8) is 0 Å². The van der Waals surface area contributed by atoms with Gasteiger partial charge in [0.2, 0.25) is 11.8 Å². The summed E-state index contributed by atoms with van der Waals surface area (Å²) in [7, 11) is 0. The van der Waals surface area contributed by atoms with Gasteiger partial charge in [0.15, 0.2) is 0 Å². The molecule has 0 bridgehead atoms. The summed E-state index contributed by atoms with van der Waals surface area (Å²) in [5, 5.41) is 14.2. The molecular weight excluding hydrogens is 334 g/mol. The number of carbonyl (C=O) groups excluding carboxylic acids is 2. The molecule has 2 amide bonds. The van der Waals surface area contributed by atoms with Crippen molar-refractivity contribution in [1.82, 2.24) is 20.6 Å². The molecule has 0 aromatic carbocycles. The van der Waals surface area contributed by atoms with Crippen molar-refractivity contribution < 1.29 is 19.5 Å². The Kier molecular flexibility index (Phi) is 8.27. The van der Waals surface area contributed by atoms with E-state index in [2.05, 4.69) is 20.6 Å². The first-order chi connectivity index (χ1) is 11.3. The number of nitrogens with one attached hydrogen (secondary N) is 3. The topological polar surface area (TPSA) is 150 Å². The molecule has 0 saturated carbocycles. The molecule has 3 atom stereocenters. The van der Waals surface area contributed by atoms with Crippen molar-refractivity contribution >= 4 is 29.5 Å². The van der Waals surface area contributed by atoms with Crippen molar-refractivity contribution in [2.24, 2.45) is 5.73 Å². The van der Waals surface area contributed by atoms with Crippen LogP contribution in [0.25, 0.3) is 0 Å². The van der Waals surface area contributed by atoms with Crippen LogP contribution in [0.4, 0.5) is 0 Å². The minimum atomic E-state index is -1.11. The van der Waals surface area contributed by atoms with E-state index in [4.69, 9.17) is 5.73 Å². The summed E-state index contributed by atoms with van der Waals surface area (Å²) in [6.07, 6.45) is 5.28. The maximum absolute atomic E-state index is 12.4. The molecule has 1 aromatic heterocycles. The molecule has 0 unspecified atom stereocenters. The smallest absolute Gasteiger partial charge is 0.326 e. The zero-order chi connectivity index (χ0) is 18.1. The van der Waals surface area contributed by atoms with E-state index >= 15 is 0 Å². The van der Waals surface area contributed by atoms with E-state index < -0.39 is 35.9 Å². The molecule has 0 fully saturated rings. The predicted molar refractivity (Wildman–Crippen MR) is 90.4 cm³/mol. The number of nitrogens with zero attached hydrogens (tertiary/aromatic N) is 1. The number of aromatic nitrogens is 2. The van der Waals surface area contributed by atoms with Gasteiger partial charge in [0, 0.05) is 18.3 Å². The van der Waals surface area contributed by atoms with Crippen LogP contribution in [0, 0.1) is 0 Å². The van der Waals surface area contributed by atoms with E-state index in [1.807, 2.05) is 6.26 Å². The van der Waals surface area contributed by atoms with E-state index in [-0.39, 0.29) is 6.42 Å². The van der Waals surface area contributed by atoms with Crippen LogP contribution in [-0.2, 0) is 20.8 Å². The third-order valence-corrected chi connectivity index (χ3v) is 3.89. The summed E-state index contributed by atoms with van der Waals surface area (Å²) in [5.74, 6) is -1.59. The van der Waals surface area contributed by atoms with Gasteiger partial charge in [-0.1, -0.05) is 0 Å². The van der Waals surface area contributed by atoms with Gasteiger partial charge in [0.25, 0.3) is 0 Å². The molecule has 9 nitrogen and oxygen atoms in total. The number of aromatic amines is 1. The minimum absolute atomic E-state index is 0.152. The lowest BCUT2D eigenvalue weighted by molar-refractivity contribution is -0.142. The zero-order valence-electron chi connectivity index (χ0n) is 13.6. The number of hydrogen-bond acceptors (Lipinski definition) is 6. The average Bonchev–Trinajstić information content (AvgIpc) is 3.03. The standard InChI is InChI=1S/C14H23N5O4S/c1-8(15)12(20)19-11(5-9-6-16-7-17-9)13(21)18-10(14(22)23)3-4-24-2/h6-8,10-11H,3-5,15H2,1-2H3,(H,16,17)(H,18,21)(H,19,20)(H,22,23)/t8-,10-,11-/m0/s1. The largest absolute Gasteiger partial charge is 0.480 e. The molecule has 24 heavy (non-hydrogen) atoms. The summed E-state index contributed by atoms with van der Waals surface area (Å²) >= 11 is 1.49. The number of H-pyrrole nitrogens is 1. The molecule has 1 heterocycles. The Balaban J connectivity index is 2.80. The third-order valence-electron chi connectivity index (χ3n) is 3.25. The zero-order valence-corrected chi connectivity index (χ0v) is 14.4. The van der Waals surface area contributed by atoms with E-state index in [0.717, 1.165) is 0 Å². The molecule has 1 rings (SSSR count). The second kappa shape index (κ2) is 9.93. The number of carboxylic acid groups (broad SMARTS) is 1. The molecule has 0 spiro atoms. The van der Waals surface area contributed by atoms with E-state index in [1.54, 1.807) is 0 Å². The fourth-order valence-corrected chi connectivity index (χ4v) is 2.37. The van der Waals surface area contributed by atoms with Crippen LogP contribution in [-0.4, -0.2) is 63.0 Å². The van der Waals surface area contributed by atoms with Crippen molar-refractivity contribution in [3.8, 4) is 0 Å². The predicted octanol–water partition coefficient (Wildman–Crippen LogP) is -0.893. The lowest BCUT2D eigenvalue weighted by atomic mass is 10.1. The molecule has 134 valence electrons. The highest BCUT2D eigenvalue weighted by Gasteiger charge is 2.27. The fourth-order valence-electron chi connectivity index (χ4n) is 1.89. The number of imidazole rings is 1. The van der Waals surface area contributed by atoms with E-state index in [0.29, 0.717) is 17.9 Å². The molecule has 1 aromatic rings. The molecular formula is C14H23N5O4S. The monoisotopic (exact) mass is 357 g/mol. The second-order valence-electron chi connectivity index (χ2n) is 5.31. The Labute approximate surface area is 144 Å². The number of rotatable bonds is 10. The highest BCUT2D eigenvalue weighted by Crippen LogP contribution is 2.04.